The van der Waals surface area contributed by atoms with Gasteiger partial charge in [0, 0.05) is 32.0 Å². The van der Waals surface area contributed by atoms with Gasteiger partial charge in [-0.15, -0.1) is 0 Å². The highest BCUT2D eigenvalue weighted by molar-refractivity contribution is 6.42. The van der Waals surface area contributed by atoms with Gasteiger partial charge in [-0.2, -0.15) is 0 Å². The summed E-state index contributed by atoms with van der Waals surface area (Å²) in [7, 11) is 0. The summed E-state index contributed by atoms with van der Waals surface area (Å²) in [5, 5.41) is 0.992. The number of benzene rings is 1. The average Bonchev–Trinajstić information content (AvgIpc) is 2.50. The van der Waals surface area contributed by atoms with Crippen LogP contribution in [-0.2, 0) is 4.79 Å². The largest absolute Gasteiger partial charge is 0.490 e. The lowest BCUT2D eigenvalue weighted by molar-refractivity contribution is -0.135. The summed E-state index contributed by atoms with van der Waals surface area (Å²) < 4.78 is 5.91. The Kier molecular flexibility index (Phi) is 5.95. The van der Waals surface area contributed by atoms with Gasteiger partial charge in [0.15, 0.2) is 0 Å². The van der Waals surface area contributed by atoms with Crippen LogP contribution in [0, 0.1) is 5.92 Å². The van der Waals surface area contributed by atoms with E-state index in [1.807, 2.05) is 18.7 Å². The summed E-state index contributed by atoms with van der Waals surface area (Å²) in [4.78, 5) is 14.0. The number of nitrogens with zero attached hydrogens (tertiary/aromatic N) is 1. The number of nitrogens with two attached hydrogens (primary N) is 1. The molecule has 0 radical (unpaired) electrons. The molecule has 4 nitrogen and oxygen atoms in total. The minimum atomic E-state index is -0.424. The number of likely N-dealkylation sites (tertiary alicyclic amines) is 1. The molecule has 1 amide bonds. The van der Waals surface area contributed by atoms with E-state index in [1.165, 1.54) is 0 Å². The Morgan fingerprint density at radius 1 is 1.27 bits per heavy atom. The second kappa shape index (κ2) is 7.53. The van der Waals surface area contributed by atoms with Gasteiger partial charge in [-0.1, -0.05) is 37.0 Å². The smallest absolute Gasteiger partial charge is 0.239 e. The first-order chi connectivity index (χ1) is 10.4. The van der Waals surface area contributed by atoms with Crippen LogP contribution >= 0.6 is 23.2 Å². The highest BCUT2D eigenvalue weighted by Crippen LogP contribution is 2.28. The first-order valence-corrected chi connectivity index (χ1v) is 8.30. The van der Waals surface area contributed by atoms with Crippen LogP contribution in [0.3, 0.4) is 0 Å². The quantitative estimate of drug-likeness (QED) is 0.911. The summed E-state index contributed by atoms with van der Waals surface area (Å²) >= 11 is 11.9. The molecule has 1 aromatic rings. The lowest BCUT2D eigenvalue weighted by Gasteiger charge is -2.34. The number of carbonyl (C=O) groups is 1. The fourth-order valence-corrected chi connectivity index (χ4v) is 2.72. The summed E-state index contributed by atoms with van der Waals surface area (Å²) in [6.07, 6.45) is 1.66. The van der Waals surface area contributed by atoms with Crippen LogP contribution in [0.5, 0.6) is 5.75 Å². The third-order valence-corrected chi connectivity index (χ3v) is 4.69. The number of piperidine rings is 1. The zero-order valence-electron chi connectivity index (χ0n) is 12.9. The minimum absolute atomic E-state index is 0.0305. The highest BCUT2D eigenvalue weighted by atomic mass is 35.5. The van der Waals surface area contributed by atoms with Crippen molar-refractivity contribution >= 4 is 29.1 Å². The maximum atomic E-state index is 12.2. The van der Waals surface area contributed by atoms with Gasteiger partial charge in [0.05, 0.1) is 16.1 Å². The zero-order valence-corrected chi connectivity index (χ0v) is 14.4. The standard InChI is InChI=1S/C16H22Cl2N2O2/c1-10(2)15(19)16(21)20-7-5-11(6-8-20)22-12-3-4-13(17)14(18)9-12/h3-4,9-11,15H,5-8,19H2,1-2H3. The first-order valence-electron chi connectivity index (χ1n) is 7.54. The molecule has 1 aliphatic rings. The molecule has 122 valence electrons. The Bertz CT molecular complexity index is 529. The Labute approximate surface area is 141 Å². The van der Waals surface area contributed by atoms with E-state index in [9.17, 15) is 4.79 Å². The summed E-state index contributed by atoms with van der Waals surface area (Å²) in [6.45, 7) is 5.27. The van der Waals surface area contributed by atoms with Crippen LogP contribution in [-0.4, -0.2) is 36.0 Å². The molecule has 0 aliphatic carbocycles. The van der Waals surface area contributed by atoms with E-state index in [-0.39, 0.29) is 17.9 Å². The zero-order chi connectivity index (χ0) is 16.3. The fraction of sp³-hybridized carbons (Fsp3) is 0.562. The number of amides is 1. The van der Waals surface area contributed by atoms with Gasteiger partial charge in [0.1, 0.15) is 11.9 Å². The molecule has 1 aromatic carbocycles. The van der Waals surface area contributed by atoms with Gasteiger partial charge in [0.25, 0.3) is 0 Å². The average molecular weight is 345 g/mol. The van der Waals surface area contributed by atoms with E-state index in [1.54, 1.807) is 18.2 Å². The Morgan fingerprint density at radius 3 is 2.45 bits per heavy atom. The number of halogens is 2. The fourth-order valence-electron chi connectivity index (χ4n) is 2.43. The van der Waals surface area contributed by atoms with Gasteiger partial charge >= 0.3 is 0 Å². The van der Waals surface area contributed by atoms with Crippen molar-refractivity contribution in [1.82, 2.24) is 4.90 Å². The van der Waals surface area contributed by atoms with Crippen LogP contribution in [0.25, 0.3) is 0 Å². The van der Waals surface area contributed by atoms with E-state index in [4.69, 9.17) is 33.7 Å². The number of carbonyl (C=O) groups excluding carboxylic acids is 1. The number of hydrogen-bond acceptors (Lipinski definition) is 3. The molecule has 1 aliphatic heterocycles. The lowest BCUT2D eigenvalue weighted by Crippen LogP contribution is -2.50. The molecule has 0 saturated carbocycles. The predicted octanol–water partition coefficient (Wildman–Crippen LogP) is 3.35. The van der Waals surface area contributed by atoms with Crippen molar-refractivity contribution in [2.24, 2.45) is 11.7 Å². The molecular formula is C16H22Cl2N2O2. The van der Waals surface area contributed by atoms with Crippen LogP contribution in [0.4, 0.5) is 0 Å². The van der Waals surface area contributed by atoms with Crippen LogP contribution in [0.1, 0.15) is 26.7 Å². The topological polar surface area (TPSA) is 55.6 Å². The molecule has 0 aromatic heterocycles. The Morgan fingerprint density at radius 2 is 1.91 bits per heavy atom. The normalized spacial score (nSPS) is 17.6. The van der Waals surface area contributed by atoms with Crippen molar-refractivity contribution in [2.75, 3.05) is 13.1 Å². The first kappa shape index (κ1) is 17.4. The van der Waals surface area contributed by atoms with Crippen molar-refractivity contribution < 1.29 is 9.53 Å². The lowest BCUT2D eigenvalue weighted by atomic mass is 10.0. The molecule has 2 N–H and O–H groups in total. The molecule has 2 rings (SSSR count). The monoisotopic (exact) mass is 344 g/mol. The Balaban J connectivity index is 1.87. The van der Waals surface area contributed by atoms with Crippen LogP contribution in [0.2, 0.25) is 10.0 Å². The molecule has 0 spiro atoms. The summed E-state index contributed by atoms with van der Waals surface area (Å²) in [5.74, 6) is 0.888. The second-order valence-corrected chi connectivity index (χ2v) is 6.80. The predicted molar refractivity (Wildman–Crippen MR) is 89.5 cm³/mol. The molecule has 0 bridgehead atoms. The second-order valence-electron chi connectivity index (χ2n) is 5.99. The number of rotatable bonds is 4. The third kappa shape index (κ3) is 4.28. The van der Waals surface area contributed by atoms with Crippen molar-refractivity contribution in [2.45, 2.75) is 38.8 Å². The molecule has 1 unspecified atom stereocenters. The summed E-state index contributed by atoms with van der Waals surface area (Å²) in [5.41, 5.74) is 5.93. The van der Waals surface area contributed by atoms with Gasteiger partial charge < -0.3 is 15.4 Å². The van der Waals surface area contributed by atoms with E-state index in [2.05, 4.69) is 0 Å². The van der Waals surface area contributed by atoms with Crippen molar-refractivity contribution in [3.63, 3.8) is 0 Å². The van der Waals surface area contributed by atoms with Gasteiger partial charge in [-0.05, 0) is 18.1 Å². The van der Waals surface area contributed by atoms with E-state index < -0.39 is 6.04 Å². The maximum absolute atomic E-state index is 12.2. The van der Waals surface area contributed by atoms with Crippen LogP contribution < -0.4 is 10.5 Å². The van der Waals surface area contributed by atoms with Gasteiger partial charge in [0.2, 0.25) is 5.91 Å². The van der Waals surface area contributed by atoms with Crippen molar-refractivity contribution in [3.8, 4) is 5.75 Å². The molecular weight excluding hydrogens is 323 g/mol. The van der Waals surface area contributed by atoms with Crippen LogP contribution in [0.15, 0.2) is 18.2 Å². The van der Waals surface area contributed by atoms with Crippen molar-refractivity contribution in [3.05, 3.63) is 28.2 Å². The maximum Gasteiger partial charge on any atom is 0.239 e. The van der Waals surface area contributed by atoms with E-state index >= 15 is 0 Å². The minimum Gasteiger partial charge on any atom is -0.490 e. The SMILES string of the molecule is CC(C)C(N)C(=O)N1CCC(Oc2ccc(Cl)c(Cl)c2)CC1. The number of hydrogen-bond donors (Lipinski definition) is 1. The van der Waals surface area contributed by atoms with E-state index in [0.717, 1.165) is 12.8 Å². The van der Waals surface area contributed by atoms with Gasteiger partial charge in [-0.25, -0.2) is 0 Å². The molecule has 22 heavy (non-hydrogen) atoms. The van der Waals surface area contributed by atoms with Crippen molar-refractivity contribution in [1.29, 1.82) is 0 Å². The summed E-state index contributed by atoms with van der Waals surface area (Å²) in [6, 6.07) is 4.82. The molecule has 6 heteroatoms. The molecule has 1 heterocycles. The molecule has 1 saturated heterocycles. The molecule has 1 fully saturated rings. The Hall–Kier alpha value is -0.970. The molecule has 1 atom stereocenters. The van der Waals surface area contributed by atoms with E-state index in [0.29, 0.717) is 28.9 Å². The number of ether oxygens (including phenoxy) is 1. The van der Waals surface area contributed by atoms with Gasteiger partial charge in [-0.3, -0.25) is 4.79 Å². The highest BCUT2D eigenvalue weighted by Gasteiger charge is 2.28. The third-order valence-electron chi connectivity index (χ3n) is 3.95.